The fourth-order valence-corrected chi connectivity index (χ4v) is 3.14. The van der Waals surface area contributed by atoms with Gasteiger partial charge in [-0.1, -0.05) is 34.6 Å². The molecule has 0 aliphatic heterocycles. The lowest BCUT2D eigenvalue weighted by molar-refractivity contribution is 0.589. The average Bonchev–Trinajstić information content (AvgIpc) is 2.42. The highest BCUT2D eigenvalue weighted by Gasteiger charge is 2.11. The highest BCUT2D eigenvalue weighted by molar-refractivity contribution is 9.10. The SMILES string of the molecule is CCNC(C)c1cc(Br)ccc1Sc1ccncn1. The maximum atomic E-state index is 4.26. The lowest BCUT2D eigenvalue weighted by Gasteiger charge is -2.17. The van der Waals surface area contributed by atoms with Gasteiger partial charge in [-0.2, -0.15) is 0 Å². The summed E-state index contributed by atoms with van der Waals surface area (Å²) in [6.45, 7) is 5.24. The van der Waals surface area contributed by atoms with Crippen molar-refractivity contribution in [3.8, 4) is 0 Å². The van der Waals surface area contributed by atoms with Crippen molar-refractivity contribution in [2.75, 3.05) is 6.54 Å². The number of halogens is 1. The zero-order chi connectivity index (χ0) is 13.7. The van der Waals surface area contributed by atoms with Gasteiger partial charge in [0.25, 0.3) is 0 Å². The van der Waals surface area contributed by atoms with E-state index in [0.29, 0.717) is 6.04 Å². The maximum Gasteiger partial charge on any atom is 0.116 e. The Hall–Kier alpha value is -0.910. The van der Waals surface area contributed by atoms with Crippen LogP contribution in [0.25, 0.3) is 0 Å². The van der Waals surface area contributed by atoms with Crippen LogP contribution in [0.2, 0.25) is 0 Å². The third-order valence-electron chi connectivity index (χ3n) is 2.72. The van der Waals surface area contributed by atoms with Gasteiger partial charge in [0.1, 0.15) is 11.4 Å². The minimum absolute atomic E-state index is 0.312. The highest BCUT2D eigenvalue weighted by atomic mass is 79.9. The van der Waals surface area contributed by atoms with Crippen molar-refractivity contribution in [2.24, 2.45) is 0 Å². The number of nitrogens with one attached hydrogen (secondary N) is 1. The topological polar surface area (TPSA) is 37.8 Å². The first kappa shape index (κ1) is 14.5. The monoisotopic (exact) mass is 337 g/mol. The molecule has 1 N–H and O–H groups in total. The first-order valence-corrected chi connectivity index (χ1v) is 7.78. The van der Waals surface area contributed by atoms with E-state index < -0.39 is 0 Å². The van der Waals surface area contributed by atoms with E-state index in [4.69, 9.17) is 0 Å². The molecule has 0 saturated heterocycles. The standard InChI is InChI=1S/C14H16BrN3S/c1-3-17-10(2)12-8-11(15)4-5-13(12)19-14-6-7-16-9-18-14/h4-10,17H,3H2,1-2H3. The summed E-state index contributed by atoms with van der Waals surface area (Å²) in [4.78, 5) is 9.42. The third kappa shape index (κ3) is 4.03. The molecule has 2 aromatic rings. The van der Waals surface area contributed by atoms with Crippen molar-refractivity contribution < 1.29 is 0 Å². The molecule has 2 rings (SSSR count). The Morgan fingerprint density at radius 3 is 2.89 bits per heavy atom. The minimum Gasteiger partial charge on any atom is -0.310 e. The molecule has 0 spiro atoms. The van der Waals surface area contributed by atoms with E-state index in [1.165, 1.54) is 10.5 Å². The summed E-state index contributed by atoms with van der Waals surface area (Å²) < 4.78 is 1.10. The number of rotatable bonds is 5. The normalized spacial score (nSPS) is 12.4. The van der Waals surface area contributed by atoms with E-state index in [1.54, 1.807) is 24.3 Å². The van der Waals surface area contributed by atoms with Crippen LogP contribution in [-0.4, -0.2) is 16.5 Å². The molecule has 0 radical (unpaired) electrons. The van der Waals surface area contributed by atoms with Gasteiger partial charge >= 0.3 is 0 Å². The third-order valence-corrected chi connectivity index (χ3v) is 4.25. The van der Waals surface area contributed by atoms with E-state index in [2.05, 4.69) is 63.3 Å². The molecule has 100 valence electrons. The van der Waals surface area contributed by atoms with Crippen molar-refractivity contribution in [3.63, 3.8) is 0 Å². The van der Waals surface area contributed by atoms with Crippen LogP contribution in [0.3, 0.4) is 0 Å². The second-order valence-electron chi connectivity index (χ2n) is 4.11. The van der Waals surface area contributed by atoms with Gasteiger partial charge in [0, 0.05) is 21.6 Å². The van der Waals surface area contributed by atoms with Gasteiger partial charge in [-0.25, -0.2) is 9.97 Å². The van der Waals surface area contributed by atoms with Gasteiger partial charge in [0.2, 0.25) is 0 Å². The average molecular weight is 338 g/mol. The van der Waals surface area contributed by atoms with Crippen molar-refractivity contribution in [1.82, 2.24) is 15.3 Å². The molecule has 0 amide bonds. The van der Waals surface area contributed by atoms with Gasteiger partial charge < -0.3 is 5.32 Å². The number of aromatic nitrogens is 2. The predicted molar refractivity (Wildman–Crippen MR) is 82.4 cm³/mol. The fourth-order valence-electron chi connectivity index (χ4n) is 1.82. The molecular formula is C14H16BrN3S. The second kappa shape index (κ2) is 7.03. The molecule has 3 nitrogen and oxygen atoms in total. The Morgan fingerprint density at radius 1 is 1.37 bits per heavy atom. The molecule has 5 heteroatoms. The van der Waals surface area contributed by atoms with E-state index in [9.17, 15) is 0 Å². The molecule has 1 aromatic heterocycles. The quantitative estimate of drug-likeness (QED) is 0.835. The summed E-state index contributed by atoms with van der Waals surface area (Å²) >= 11 is 5.20. The molecule has 1 atom stereocenters. The summed E-state index contributed by atoms with van der Waals surface area (Å²) in [5, 5.41) is 4.41. The minimum atomic E-state index is 0.312. The molecule has 0 aliphatic rings. The Morgan fingerprint density at radius 2 is 2.21 bits per heavy atom. The molecule has 0 bridgehead atoms. The van der Waals surface area contributed by atoms with Gasteiger partial charge in [-0.15, -0.1) is 0 Å². The molecule has 0 fully saturated rings. The molecule has 1 heterocycles. The lowest BCUT2D eigenvalue weighted by Crippen LogP contribution is -2.18. The van der Waals surface area contributed by atoms with E-state index in [1.807, 2.05) is 6.07 Å². The first-order valence-electron chi connectivity index (χ1n) is 6.17. The summed E-state index contributed by atoms with van der Waals surface area (Å²) in [6, 6.07) is 8.59. The van der Waals surface area contributed by atoms with Gasteiger partial charge in [0.15, 0.2) is 0 Å². The second-order valence-corrected chi connectivity index (χ2v) is 6.09. The zero-order valence-electron chi connectivity index (χ0n) is 10.9. The largest absolute Gasteiger partial charge is 0.310 e. The summed E-state index contributed by atoms with van der Waals surface area (Å²) in [6.07, 6.45) is 3.34. The van der Waals surface area contributed by atoms with Crippen LogP contribution in [0.4, 0.5) is 0 Å². The van der Waals surface area contributed by atoms with Crippen LogP contribution < -0.4 is 5.32 Å². The van der Waals surface area contributed by atoms with Gasteiger partial charge in [-0.3, -0.25) is 0 Å². The molecule has 1 unspecified atom stereocenters. The molecular weight excluding hydrogens is 322 g/mol. The van der Waals surface area contributed by atoms with Crippen molar-refractivity contribution in [1.29, 1.82) is 0 Å². The van der Waals surface area contributed by atoms with Gasteiger partial charge in [-0.05, 0) is 43.3 Å². The Labute approximate surface area is 126 Å². The fraction of sp³-hybridized carbons (Fsp3) is 0.286. The molecule has 0 saturated carbocycles. The first-order chi connectivity index (χ1) is 9.20. The summed E-state index contributed by atoms with van der Waals surface area (Å²) in [5.41, 5.74) is 1.28. The van der Waals surface area contributed by atoms with Crippen molar-refractivity contribution >= 4 is 27.7 Å². The van der Waals surface area contributed by atoms with E-state index >= 15 is 0 Å². The van der Waals surface area contributed by atoms with Crippen LogP contribution in [0.1, 0.15) is 25.5 Å². The molecule has 1 aromatic carbocycles. The van der Waals surface area contributed by atoms with Crippen molar-refractivity contribution in [3.05, 3.63) is 46.8 Å². The zero-order valence-corrected chi connectivity index (χ0v) is 13.3. The summed E-state index contributed by atoms with van der Waals surface area (Å²) in [7, 11) is 0. The lowest BCUT2D eigenvalue weighted by atomic mass is 10.1. The van der Waals surface area contributed by atoms with Crippen LogP contribution in [0.5, 0.6) is 0 Å². The van der Waals surface area contributed by atoms with Crippen LogP contribution in [0, 0.1) is 0 Å². The van der Waals surface area contributed by atoms with Crippen LogP contribution in [-0.2, 0) is 0 Å². The van der Waals surface area contributed by atoms with Crippen molar-refractivity contribution in [2.45, 2.75) is 29.8 Å². The van der Waals surface area contributed by atoms with E-state index in [-0.39, 0.29) is 0 Å². The Bertz CT molecular complexity index is 533. The Kier molecular flexibility index (Phi) is 5.36. The van der Waals surface area contributed by atoms with Gasteiger partial charge in [0.05, 0.1) is 0 Å². The molecule has 0 aliphatic carbocycles. The molecule has 19 heavy (non-hydrogen) atoms. The number of benzene rings is 1. The van der Waals surface area contributed by atoms with Crippen LogP contribution >= 0.6 is 27.7 Å². The smallest absolute Gasteiger partial charge is 0.116 e. The van der Waals surface area contributed by atoms with Crippen LogP contribution in [0.15, 0.2) is 51.2 Å². The summed E-state index contributed by atoms with van der Waals surface area (Å²) in [5.74, 6) is 0. The predicted octanol–water partition coefficient (Wildman–Crippen LogP) is 4.06. The number of hydrogen-bond acceptors (Lipinski definition) is 4. The highest BCUT2D eigenvalue weighted by Crippen LogP contribution is 2.33. The Balaban J connectivity index is 2.29. The number of hydrogen-bond donors (Lipinski definition) is 1. The van der Waals surface area contributed by atoms with E-state index in [0.717, 1.165) is 16.0 Å². The number of nitrogens with zero attached hydrogens (tertiary/aromatic N) is 2. The maximum absolute atomic E-state index is 4.26.